The minimum absolute atomic E-state index is 0.391. The summed E-state index contributed by atoms with van der Waals surface area (Å²) in [6.07, 6.45) is 1.63. The van der Waals surface area contributed by atoms with Crippen LogP contribution in [0.5, 0.6) is 5.75 Å². The number of anilines is 1. The molecule has 0 aliphatic carbocycles. The first-order chi connectivity index (χ1) is 15.2. The van der Waals surface area contributed by atoms with Crippen LogP contribution in [-0.2, 0) is 0 Å². The molecular weight excluding hydrogens is 406 g/mol. The fourth-order valence-electron chi connectivity index (χ4n) is 3.03. The van der Waals surface area contributed by atoms with Gasteiger partial charge in [-0.3, -0.25) is 5.43 Å². The van der Waals surface area contributed by atoms with Gasteiger partial charge in [-0.05, 0) is 71.0 Å². The van der Waals surface area contributed by atoms with E-state index in [9.17, 15) is 4.79 Å². The molecule has 2 N–H and O–H groups in total. The van der Waals surface area contributed by atoms with Crippen LogP contribution in [0.25, 0.3) is 10.8 Å². The molecule has 0 unspecified atom stereocenters. The smallest absolute Gasteiger partial charge is 0.344 e. The zero-order valence-corrected chi connectivity index (χ0v) is 17.3. The number of rotatable bonds is 5. The maximum absolute atomic E-state index is 12.6. The van der Waals surface area contributed by atoms with Gasteiger partial charge in [0.15, 0.2) is 5.11 Å². The van der Waals surface area contributed by atoms with Crippen LogP contribution in [0.3, 0.4) is 0 Å². The maximum Gasteiger partial charge on any atom is 0.344 e. The highest BCUT2D eigenvalue weighted by Gasteiger charge is 2.12. The Labute approximate surface area is 185 Å². The topological polar surface area (TPSA) is 62.7 Å². The minimum atomic E-state index is -0.391. The lowest BCUT2D eigenvalue weighted by Crippen LogP contribution is -2.23. The lowest BCUT2D eigenvalue weighted by molar-refractivity contribution is 0.0737. The van der Waals surface area contributed by atoms with Crippen molar-refractivity contribution in [2.24, 2.45) is 5.10 Å². The first-order valence-corrected chi connectivity index (χ1v) is 10.0. The second kappa shape index (κ2) is 9.65. The van der Waals surface area contributed by atoms with Gasteiger partial charge in [0.1, 0.15) is 5.75 Å². The summed E-state index contributed by atoms with van der Waals surface area (Å²) in [4.78, 5) is 12.6. The number of hydrogen-bond acceptors (Lipinski definition) is 4. The molecule has 152 valence electrons. The number of ether oxygens (including phenoxy) is 1. The second-order valence-corrected chi connectivity index (χ2v) is 7.08. The summed E-state index contributed by atoms with van der Waals surface area (Å²) in [5.74, 6) is 0.0709. The van der Waals surface area contributed by atoms with E-state index in [2.05, 4.69) is 15.8 Å². The molecular formula is C25H19N3O2S. The fourth-order valence-corrected chi connectivity index (χ4v) is 3.20. The van der Waals surface area contributed by atoms with Crippen LogP contribution >= 0.6 is 12.2 Å². The third-order valence-corrected chi connectivity index (χ3v) is 4.70. The van der Waals surface area contributed by atoms with Crippen molar-refractivity contribution in [1.29, 1.82) is 0 Å². The van der Waals surface area contributed by atoms with E-state index in [0.29, 0.717) is 16.4 Å². The van der Waals surface area contributed by atoms with E-state index in [1.807, 2.05) is 78.9 Å². The monoisotopic (exact) mass is 425 g/mol. The number of esters is 1. The number of benzene rings is 4. The number of para-hydroxylation sites is 1. The zero-order chi connectivity index (χ0) is 21.5. The summed E-state index contributed by atoms with van der Waals surface area (Å²) in [6, 6.07) is 30.0. The Bertz CT molecular complexity index is 1230. The van der Waals surface area contributed by atoms with E-state index in [-0.39, 0.29) is 0 Å². The molecule has 0 atom stereocenters. The number of nitrogens with one attached hydrogen (secondary N) is 2. The van der Waals surface area contributed by atoms with E-state index >= 15 is 0 Å². The van der Waals surface area contributed by atoms with Gasteiger partial charge in [-0.25, -0.2) is 4.79 Å². The summed E-state index contributed by atoms with van der Waals surface area (Å²) >= 11 is 5.21. The van der Waals surface area contributed by atoms with Crippen molar-refractivity contribution in [3.05, 3.63) is 108 Å². The van der Waals surface area contributed by atoms with E-state index in [0.717, 1.165) is 22.0 Å². The number of nitrogens with zero attached hydrogens (tertiary/aromatic N) is 1. The molecule has 31 heavy (non-hydrogen) atoms. The molecule has 0 aromatic heterocycles. The first kappa shape index (κ1) is 20.3. The number of hydrazone groups is 1. The molecule has 0 radical (unpaired) electrons. The van der Waals surface area contributed by atoms with Crippen LogP contribution in [-0.4, -0.2) is 17.3 Å². The van der Waals surface area contributed by atoms with Crippen molar-refractivity contribution in [3.63, 3.8) is 0 Å². The van der Waals surface area contributed by atoms with Gasteiger partial charge in [-0.1, -0.05) is 54.6 Å². The van der Waals surface area contributed by atoms with Gasteiger partial charge in [0, 0.05) is 5.69 Å². The van der Waals surface area contributed by atoms with Crippen LogP contribution < -0.4 is 15.5 Å². The summed E-state index contributed by atoms with van der Waals surface area (Å²) in [5.41, 5.74) is 5.02. The highest BCUT2D eigenvalue weighted by Crippen LogP contribution is 2.21. The number of carbonyl (C=O) groups excluding carboxylic acids is 1. The Hall–Kier alpha value is -4.03. The van der Waals surface area contributed by atoms with Gasteiger partial charge < -0.3 is 10.1 Å². The van der Waals surface area contributed by atoms with Gasteiger partial charge >= 0.3 is 5.97 Å². The summed E-state index contributed by atoms with van der Waals surface area (Å²) in [7, 11) is 0. The maximum atomic E-state index is 12.6. The molecule has 0 amide bonds. The Morgan fingerprint density at radius 3 is 2.35 bits per heavy atom. The third kappa shape index (κ3) is 5.32. The van der Waals surface area contributed by atoms with Gasteiger partial charge in [0.05, 0.1) is 11.8 Å². The third-order valence-electron chi connectivity index (χ3n) is 4.51. The molecule has 0 aliphatic rings. The standard InChI is InChI=1S/C25H19N3O2S/c29-24(23-12-6-8-19-7-4-5-11-22(19)23)30-21-15-13-18(14-16-21)17-26-28-25(31)27-20-9-2-1-3-10-20/h1-17H,(H2,27,28,31)/b26-17-. The van der Waals surface area contributed by atoms with Gasteiger partial charge in [-0.2, -0.15) is 5.10 Å². The van der Waals surface area contributed by atoms with Crippen molar-refractivity contribution >= 4 is 46.0 Å². The van der Waals surface area contributed by atoms with Crippen LogP contribution in [0.4, 0.5) is 5.69 Å². The van der Waals surface area contributed by atoms with Crippen LogP contribution in [0.15, 0.2) is 102 Å². The molecule has 0 fully saturated rings. The van der Waals surface area contributed by atoms with E-state index < -0.39 is 5.97 Å². The predicted molar refractivity (Wildman–Crippen MR) is 129 cm³/mol. The highest BCUT2D eigenvalue weighted by molar-refractivity contribution is 7.80. The average Bonchev–Trinajstić information content (AvgIpc) is 2.80. The van der Waals surface area contributed by atoms with Crippen molar-refractivity contribution in [3.8, 4) is 5.75 Å². The van der Waals surface area contributed by atoms with Gasteiger partial charge in [0.25, 0.3) is 0 Å². The van der Waals surface area contributed by atoms with Crippen molar-refractivity contribution in [2.45, 2.75) is 0 Å². The summed E-state index contributed by atoms with van der Waals surface area (Å²) in [5, 5.41) is 9.41. The van der Waals surface area contributed by atoms with E-state index in [1.165, 1.54) is 0 Å². The van der Waals surface area contributed by atoms with Crippen LogP contribution in [0, 0.1) is 0 Å². The van der Waals surface area contributed by atoms with Crippen molar-refractivity contribution in [2.75, 3.05) is 5.32 Å². The molecule has 0 saturated heterocycles. The molecule has 0 aliphatic heterocycles. The predicted octanol–water partition coefficient (Wildman–Crippen LogP) is 5.38. The molecule has 4 rings (SSSR count). The minimum Gasteiger partial charge on any atom is -0.423 e. The molecule has 4 aromatic carbocycles. The Kier molecular flexibility index (Phi) is 6.30. The summed E-state index contributed by atoms with van der Waals surface area (Å²) < 4.78 is 5.54. The van der Waals surface area contributed by atoms with Crippen molar-refractivity contribution < 1.29 is 9.53 Å². The van der Waals surface area contributed by atoms with E-state index in [1.54, 1.807) is 24.4 Å². The lowest BCUT2D eigenvalue weighted by atomic mass is 10.0. The second-order valence-electron chi connectivity index (χ2n) is 6.68. The van der Waals surface area contributed by atoms with Gasteiger partial charge in [-0.15, -0.1) is 0 Å². The normalized spacial score (nSPS) is 10.7. The number of thiocarbonyl (C=S) groups is 1. The Morgan fingerprint density at radius 1 is 0.839 bits per heavy atom. The van der Waals surface area contributed by atoms with Gasteiger partial charge in [0.2, 0.25) is 0 Å². The van der Waals surface area contributed by atoms with Crippen molar-refractivity contribution in [1.82, 2.24) is 5.43 Å². The molecule has 0 heterocycles. The van der Waals surface area contributed by atoms with Crippen LogP contribution in [0.2, 0.25) is 0 Å². The molecule has 0 bridgehead atoms. The SMILES string of the molecule is O=C(Oc1ccc(/C=N\NC(=S)Nc2ccccc2)cc1)c1cccc2ccccc12. The molecule has 5 nitrogen and oxygen atoms in total. The first-order valence-electron chi connectivity index (χ1n) is 9.64. The molecule has 0 saturated carbocycles. The number of hydrogen-bond donors (Lipinski definition) is 2. The highest BCUT2D eigenvalue weighted by atomic mass is 32.1. The zero-order valence-electron chi connectivity index (χ0n) is 16.5. The van der Waals surface area contributed by atoms with Crippen LogP contribution in [0.1, 0.15) is 15.9 Å². The largest absolute Gasteiger partial charge is 0.423 e. The average molecular weight is 426 g/mol. The summed E-state index contributed by atoms with van der Waals surface area (Å²) in [6.45, 7) is 0. The fraction of sp³-hybridized carbons (Fsp3) is 0. The molecule has 4 aromatic rings. The molecule has 0 spiro atoms. The lowest BCUT2D eigenvalue weighted by Gasteiger charge is -2.08. The quantitative estimate of drug-likeness (QED) is 0.148. The van der Waals surface area contributed by atoms with E-state index in [4.69, 9.17) is 17.0 Å². The number of carbonyl (C=O) groups is 1. The Balaban J connectivity index is 1.35. The number of fused-ring (bicyclic) bond motifs is 1. The molecule has 6 heteroatoms. The Morgan fingerprint density at radius 2 is 1.55 bits per heavy atom.